The standard InChI is InChI=1S/C8H6N2.C6H8N2O2S/c1-2-4-8-7(3-1)9-5-6-10-8;7-5-1-3-6(4-2-5)11(8,9)10/h1-6H;1-4H,7H2,(H2,8,9,10). The molecule has 0 fully saturated rings. The molecule has 0 unspecified atom stereocenters. The summed E-state index contributed by atoms with van der Waals surface area (Å²) in [4.78, 5) is 8.31. The summed E-state index contributed by atoms with van der Waals surface area (Å²) in [6, 6.07) is 13.5. The zero-order chi connectivity index (χ0) is 15.3. The van der Waals surface area contributed by atoms with Gasteiger partial charge in [0.15, 0.2) is 0 Å². The van der Waals surface area contributed by atoms with Crippen molar-refractivity contribution >= 4 is 26.7 Å². The minimum absolute atomic E-state index is 0.0756. The predicted molar refractivity (Wildman–Crippen MR) is 81.8 cm³/mol. The van der Waals surface area contributed by atoms with Gasteiger partial charge >= 0.3 is 0 Å². The van der Waals surface area contributed by atoms with Crippen LogP contribution in [-0.2, 0) is 10.0 Å². The molecule has 108 valence electrons. The molecule has 2 aromatic carbocycles. The molecule has 4 N–H and O–H groups in total. The van der Waals surface area contributed by atoms with Gasteiger partial charge in [0.2, 0.25) is 10.0 Å². The zero-order valence-corrected chi connectivity index (χ0v) is 11.9. The Morgan fingerprint density at radius 2 is 1.29 bits per heavy atom. The van der Waals surface area contributed by atoms with Gasteiger partial charge in [-0.2, -0.15) is 0 Å². The Balaban J connectivity index is 0.000000154. The first-order valence-electron chi connectivity index (χ1n) is 6.01. The van der Waals surface area contributed by atoms with Crippen molar-refractivity contribution in [2.24, 2.45) is 5.14 Å². The molecule has 0 spiro atoms. The van der Waals surface area contributed by atoms with Crippen molar-refractivity contribution in [2.75, 3.05) is 5.73 Å². The average molecular weight is 302 g/mol. The van der Waals surface area contributed by atoms with E-state index in [1.54, 1.807) is 12.4 Å². The number of anilines is 1. The number of aromatic nitrogens is 2. The molecule has 3 aromatic rings. The topological polar surface area (TPSA) is 112 Å². The molecule has 0 aliphatic rings. The molecule has 3 rings (SSSR count). The summed E-state index contributed by atoms with van der Waals surface area (Å²) < 4.78 is 21.4. The third-order valence-electron chi connectivity index (χ3n) is 2.58. The third kappa shape index (κ3) is 4.23. The monoisotopic (exact) mass is 302 g/mol. The van der Waals surface area contributed by atoms with E-state index in [0.717, 1.165) is 11.0 Å². The smallest absolute Gasteiger partial charge is 0.238 e. The predicted octanol–water partition coefficient (Wildman–Crippen LogP) is 1.55. The summed E-state index contributed by atoms with van der Waals surface area (Å²) in [6.07, 6.45) is 3.39. The van der Waals surface area contributed by atoms with Crippen molar-refractivity contribution in [1.82, 2.24) is 9.97 Å². The lowest BCUT2D eigenvalue weighted by atomic mass is 10.3. The summed E-state index contributed by atoms with van der Waals surface area (Å²) in [5.74, 6) is 0. The number of nitrogens with zero attached hydrogens (tertiary/aromatic N) is 2. The van der Waals surface area contributed by atoms with E-state index < -0.39 is 10.0 Å². The molecule has 0 radical (unpaired) electrons. The van der Waals surface area contributed by atoms with Gasteiger partial charge in [0, 0.05) is 18.1 Å². The lowest BCUT2D eigenvalue weighted by Gasteiger charge is -1.96. The molecule has 1 heterocycles. The van der Waals surface area contributed by atoms with Gasteiger partial charge in [-0.15, -0.1) is 0 Å². The molecule has 1 aromatic heterocycles. The summed E-state index contributed by atoms with van der Waals surface area (Å²) >= 11 is 0. The Morgan fingerprint density at radius 3 is 1.71 bits per heavy atom. The summed E-state index contributed by atoms with van der Waals surface area (Å²) in [5.41, 5.74) is 7.74. The first kappa shape index (κ1) is 14.9. The number of primary sulfonamides is 1. The number of hydrogen-bond donors (Lipinski definition) is 2. The molecule has 0 saturated carbocycles. The van der Waals surface area contributed by atoms with Crippen LogP contribution in [0.5, 0.6) is 0 Å². The van der Waals surface area contributed by atoms with E-state index in [1.807, 2.05) is 24.3 Å². The van der Waals surface area contributed by atoms with Crippen LogP contribution in [0, 0.1) is 0 Å². The number of fused-ring (bicyclic) bond motifs is 1. The Morgan fingerprint density at radius 1 is 0.810 bits per heavy atom. The minimum Gasteiger partial charge on any atom is -0.399 e. The van der Waals surface area contributed by atoms with Crippen LogP contribution >= 0.6 is 0 Å². The van der Waals surface area contributed by atoms with Gasteiger partial charge in [-0.25, -0.2) is 13.6 Å². The third-order valence-corrected chi connectivity index (χ3v) is 3.51. The van der Waals surface area contributed by atoms with Crippen LogP contribution in [-0.4, -0.2) is 18.4 Å². The van der Waals surface area contributed by atoms with Crippen LogP contribution in [0.3, 0.4) is 0 Å². The van der Waals surface area contributed by atoms with Gasteiger partial charge < -0.3 is 5.73 Å². The van der Waals surface area contributed by atoms with Gasteiger partial charge in [-0.3, -0.25) is 9.97 Å². The minimum atomic E-state index is -3.58. The molecule has 0 aliphatic carbocycles. The molecule has 0 atom stereocenters. The van der Waals surface area contributed by atoms with E-state index >= 15 is 0 Å². The Kier molecular flexibility index (Phi) is 4.46. The first-order valence-corrected chi connectivity index (χ1v) is 7.55. The van der Waals surface area contributed by atoms with Crippen molar-refractivity contribution in [2.45, 2.75) is 4.90 Å². The Bertz CT molecular complexity index is 767. The van der Waals surface area contributed by atoms with E-state index in [9.17, 15) is 8.42 Å². The maximum atomic E-state index is 10.7. The SMILES string of the molecule is Nc1ccc(S(N)(=O)=O)cc1.c1ccc2nccnc2c1. The second kappa shape index (κ2) is 6.29. The van der Waals surface area contributed by atoms with Crippen LogP contribution in [0.15, 0.2) is 65.8 Å². The second-order valence-electron chi connectivity index (χ2n) is 4.16. The molecule has 21 heavy (non-hydrogen) atoms. The fraction of sp³-hybridized carbons (Fsp3) is 0. The number of sulfonamides is 1. The van der Waals surface area contributed by atoms with Gasteiger partial charge in [0.1, 0.15) is 0 Å². The van der Waals surface area contributed by atoms with Crippen LogP contribution in [0.2, 0.25) is 0 Å². The molecule has 0 bridgehead atoms. The highest BCUT2D eigenvalue weighted by atomic mass is 32.2. The van der Waals surface area contributed by atoms with E-state index in [2.05, 4.69) is 9.97 Å². The highest BCUT2D eigenvalue weighted by molar-refractivity contribution is 7.89. The van der Waals surface area contributed by atoms with Gasteiger partial charge in [0.05, 0.1) is 15.9 Å². The molecule has 6 nitrogen and oxygen atoms in total. The molecular formula is C14H14N4O2S. The van der Waals surface area contributed by atoms with E-state index in [4.69, 9.17) is 10.9 Å². The van der Waals surface area contributed by atoms with Gasteiger partial charge in [-0.05, 0) is 36.4 Å². The molecule has 0 saturated heterocycles. The number of rotatable bonds is 1. The Labute approximate surface area is 122 Å². The first-order chi connectivity index (χ1) is 9.97. The van der Waals surface area contributed by atoms with Crippen LogP contribution < -0.4 is 10.9 Å². The highest BCUT2D eigenvalue weighted by Crippen LogP contribution is 2.08. The number of hydrogen-bond acceptors (Lipinski definition) is 5. The van der Waals surface area contributed by atoms with E-state index in [0.29, 0.717) is 5.69 Å². The lowest BCUT2D eigenvalue weighted by molar-refractivity contribution is 0.598. The number of benzene rings is 2. The maximum Gasteiger partial charge on any atom is 0.238 e. The number of para-hydroxylation sites is 2. The van der Waals surface area contributed by atoms with E-state index in [1.165, 1.54) is 24.3 Å². The maximum absolute atomic E-state index is 10.7. The summed E-state index contributed by atoms with van der Waals surface area (Å²) in [7, 11) is -3.58. The summed E-state index contributed by atoms with van der Waals surface area (Å²) in [6.45, 7) is 0. The van der Waals surface area contributed by atoms with Crippen LogP contribution in [0.4, 0.5) is 5.69 Å². The van der Waals surface area contributed by atoms with Crippen LogP contribution in [0.1, 0.15) is 0 Å². The second-order valence-corrected chi connectivity index (χ2v) is 5.72. The zero-order valence-electron chi connectivity index (χ0n) is 11.0. The van der Waals surface area contributed by atoms with Crippen molar-refractivity contribution in [1.29, 1.82) is 0 Å². The molecule has 0 amide bonds. The summed E-state index contributed by atoms with van der Waals surface area (Å²) in [5, 5.41) is 4.84. The largest absolute Gasteiger partial charge is 0.399 e. The molecular weight excluding hydrogens is 288 g/mol. The normalized spacial score (nSPS) is 10.7. The lowest BCUT2D eigenvalue weighted by Crippen LogP contribution is -2.11. The van der Waals surface area contributed by atoms with Crippen molar-refractivity contribution in [3.63, 3.8) is 0 Å². The van der Waals surface area contributed by atoms with E-state index in [-0.39, 0.29) is 4.90 Å². The van der Waals surface area contributed by atoms with Gasteiger partial charge in [-0.1, -0.05) is 12.1 Å². The number of nitrogens with two attached hydrogens (primary N) is 2. The van der Waals surface area contributed by atoms with Crippen LogP contribution in [0.25, 0.3) is 11.0 Å². The number of nitrogen functional groups attached to an aromatic ring is 1. The molecule has 0 aliphatic heterocycles. The quantitative estimate of drug-likeness (QED) is 0.662. The Hall–Kier alpha value is -2.51. The van der Waals surface area contributed by atoms with Crippen molar-refractivity contribution in [3.8, 4) is 0 Å². The molecule has 7 heteroatoms. The fourth-order valence-corrected chi connectivity index (χ4v) is 2.08. The van der Waals surface area contributed by atoms with Crippen molar-refractivity contribution < 1.29 is 8.42 Å². The van der Waals surface area contributed by atoms with Crippen molar-refractivity contribution in [3.05, 3.63) is 60.9 Å². The fourth-order valence-electron chi connectivity index (χ4n) is 1.57. The highest BCUT2D eigenvalue weighted by Gasteiger charge is 2.04. The average Bonchev–Trinajstić information content (AvgIpc) is 2.47. The van der Waals surface area contributed by atoms with Gasteiger partial charge in [0.25, 0.3) is 0 Å².